The van der Waals surface area contributed by atoms with Gasteiger partial charge in [-0.25, -0.2) is 4.39 Å². The van der Waals surface area contributed by atoms with Gasteiger partial charge in [-0.3, -0.25) is 0 Å². The standard InChI is InChI=1S/C13H19FN2O/c1-2-9-17-11-3-4-13(12(14)10-11)16-7-5-15-6-8-16/h3-4,10,15H,2,5-9H2,1H3. The molecule has 1 aliphatic heterocycles. The summed E-state index contributed by atoms with van der Waals surface area (Å²) in [5.41, 5.74) is 0.676. The molecule has 0 spiro atoms. The number of anilines is 1. The van der Waals surface area contributed by atoms with Gasteiger partial charge in [-0.1, -0.05) is 6.92 Å². The minimum atomic E-state index is -0.194. The second kappa shape index (κ2) is 5.87. The maximum Gasteiger partial charge on any atom is 0.150 e. The van der Waals surface area contributed by atoms with E-state index < -0.39 is 0 Å². The third kappa shape index (κ3) is 3.09. The molecule has 1 heterocycles. The summed E-state index contributed by atoms with van der Waals surface area (Å²) in [6.45, 7) is 6.19. The molecular formula is C13H19FN2O. The van der Waals surface area contributed by atoms with E-state index in [9.17, 15) is 4.39 Å². The molecule has 3 nitrogen and oxygen atoms in total. The first kappa shape index (κ1) is 12.2. The van der Waals surface area contributed by atoms with Crippen LogP contribution in [0.1, 0.15) is 13.3 Å². The van der Waals surface area contributed by atoms with Crippen molar-refractivity contribution in [2.75, 3.05) is 37.7 Å². The number of halogens is 1. The van der Waals surface area contributed by atoms with E-state index in [2.05, 4.69) is 10.2 Å². The van der Waals surface area contributed by atoms with Crippen molar-refractivity contribution >= 4 is 5.69 Å². The van der Waals surface area contributed by atoms with Gasteiger partial charge in [0.15, 0.2) is 0 Å². The van der Waals surface area contributed by atoms with Crippen molar-refractivity contribution in [1.82, 2.24) is 5.32 Å². The largest absolute Gasteiger partial charge is 0.493 e. The first-order chi connectivity index (χ1) is 8.31. The van der Waals surface area contributed by atoms with Gasteiger partial charge in [0.25, 0.3) is 0 Å². The van der Waals surface area contributed by atoms with E-state index in [4.69, 9.17) is 4.74 Å². The monoisotopic (exact) mass is 238 g/mol. The number of piperazine rings is 1. The molecule has 1 aromatic rings. The van der Waals surface area contributed by atoms with Crippen LogP contribution in [0.5, 0.6) is 5.75 Å². The van der Waals surface area contributed by atoms with Gasteiger partial charge in [0.05, 0.1) is 12.3 Å². The van der Waals surface area contributed by atoms with Crippen molar-refractivity contribution in [3.05, 3.63) is 24.0 Å². The van der Waals surface area contributed by atoms with Crippen LogP contribution in [0.25, 0.3) is 0 Å². The minimum absolute atomic E-state index is 0.194. The number of rotatable bonds is 4. The van der Waals surface area contributed by atoms with Crippen molar-refractivity contribution in [2.45, 2.75) is 13.3 Å². The Hall–Kier alpha value is -1.29. The first-order valence-corrected chi connectivity index (χ1v) is 6.19. The molecule has 0 radical (unpaired) electrons. The quantitative estimate of drug-likeness (QED) is 0.868. The third-order valence-electron chi connectivity index (χ3n) is 2.85. The van der Waals surface area contributed by atoms with Crippen molar-refractivity contribution in [3.63, 3.8) is 0 Å². The number of hydrogen-bond acceptors (Lipinski definition) is 3. The van der Waals surface area contributed by atoms with Gasteiger partial charge in [-0.15, -0.1) is 0 Å². The highest BCUT2D eigenvalue weighted by Gasteiger charge is 2.14. The van der Waals surface area contributed by atoms with Gasteiger partial charge < -0.3 is 15.0 Å². The SMILES string of the molecule is CCCOc1ccc(N2CCNCC2)c(F)c1. The summed E-state index contributed by atoms with van der Waals surface area (Å²) in [6.07, 6.45) is 0.932. The van der Waals surface area contributed by atoms with E-state index in [0.29, 0.717) is 18.0 Å². The fourth-order valence-electron chi connectivity index (χ4n) is 1.96. The number of nitrogens with zero attached hydrogens (tertiary/aromatic N) is 1. The highest BCUT2D eigenvalue weighted by atomic mass is 19.1. The maximum absolute atomic E-state index is 13.9. The van der Waals surface area contributed by atoms with Crippen molar-refractivity contribution in [2.24, 2.45) is 0 Å². The average molecular weight is 238 g/mol. The Morgan fingerprint density at radius 3 is 2.76 bits per heavy atom. The maximum atomic E-state index is 13.9. The van der Waals surface area contributed by atoms with Crippen LogP contribution in [0.3, 0.4) is 0 Å². The molecule has 1 aliphatic rings. The van der Waals surface area contributed by atoms with E-state index in [1.54, 1.807) is 0 Å². The Balaban J connectivity index is 2.07. The van der Waals surface area contributed by atoms with Gasteiger partial charge in [-0.05, 0) is 18.6 Å². The molecule has 0 aromatic heterocycles. The van der Waals surface area contributed by atoms with Gasteiger partial charge in [0.2, 0.25) is 0 Å². The Morgan fingerprint density at radius 2 is 2.12 bits per heavy atom. The van der Waals surface area contributed by atoms with Crippen LogP contribution < -0.4 is 15.0 Å². The van der Waals surface area contributed by atoms with Crippen molar-refractivity contribution in [3.8, 4) is 5.75 Å². The zero-order valence-corrected chi connectivity index (χ0v) is 10.2. The molecule has 1 N–H and O–H groups in total. The highest BCUT2D eigenvalue weighted by molar-refractivity contribution is 5.51. The molecule has 0 amide bonds. The molecule has 4 heteroatoms. The van der Waals surface area contributed by atoms with E-state index in [1.165, 1.54) is 6.07 Å². The molecule has 2 rings (SSSR count). The lowest BCUT2D eigenvalue weighted by Gasteiger charge is -2.29. The predicted molar refractivity (Wildman–Crippen MR) is 67.3 cm³/mol. The van der Waals surface area contributed by atoms with E-state index in [0.717, 1.165) is 32.6 Å². The van der Waals surface area contributed by atoms with Crippen molar-refractivity contribution < 1.29 is 9.13 Å². The van der Waals surface area contributed by atoms with Crippen LogP contribution in [-0.2, 0) is 0 Å². The lowest BCUT2D eigenvalue weighted by Crippen LogP contribution is -2.43. The molecule has 1 aromatic carbocycles. The van der Waals surface area contributed by atoms with Gasteiger partial charge in [0, 0.05) is 32.2 Å². The molecule has 1 saturated heterocycles. The molecule has 17 heavy (non-hydrogen) atoms. The van der Waals surface area contributed by atoms with E-state index in [1.807, 2.05) is 19.1 Å². The molecule has 0 saturated carbocycles. The van der Waals surface area contributed by atoms with Gasteiger partial charge in [-0.2, -0.15) is 0 Å². The molecule has 1 fully saturated rings. The summed E-state index contributed by atoms with van der Waals surface area (Å²) >= 11 is 0. The lowest BCUT2D eigenvalue weighted by molar-refractivity contribution is 0.316. The van der Waals surface area contributed by atoms with E-state index >= 15 is 0 Å². The molecule has 0 atom stereocenters. The Kier molecular flexibility index (Phi) is 4.20. The fraction of sp³-hybridized carbons (Fsp3) is 0.538. The molecule has 0 unspecified atom stereocenters. The topological polar surface area (TPSA) is 24.5 Å². The smallest absolute Gasteiger partial charge is 0.150 e. The van der Waals surface area contributed by atoms with Gasteiger partial charge >= 0.3 is 0 Å². The van der Waals surface area contributed by atoms with Crippen LogP contribution in [0.15, 0.2) is 18.2 Å². The number of ether oxygens (including phenoxy) is 1. The number of benzene rings is 1. The Morgan fingerprint density at radius 1 is 1.35 bits per heavy atom. The second-order valence-corrected chi connectivity index (χ2v) is 4.20. The van der Waals surface area contributed by atoms with Crippen LogP contribution in [0, 0.1) is 5.82 Å². The summed E-state index contributed by atoms with van der Waals surface area (Å²) in [5.74, 6) is 0.420. The van der Waals surface area contributed by atoms with E-state index in [-0.39, 0.29) is 5.82 Å². The Labute approximate surface area is 102 Å². The Bertz CT molecular complexity index is 364. The van der Waals surface area contributed by atoms with Crippen molar-refractivity contribution in [1.29, 1.82) is 0 Å². The summed E-state index contributed by atoms with van der Waals surface area (Å²) in [5, 5.41) is 3.25. The van der Waals surface area contributed by atoms with Crippen LogP contribution in [-0.4, -0.2) is 32.8 Å². The highest BCUT2D eigenvalue weighted by Crippen LogP contribution is 2.24. The zero-order chi connectivity index (χ0) is 12.1. The second-order valence-electron chi connectivity index (χ2n) is 4.20. The summed E-state index contributed by atoms with van der Waals surface area (Å²) in [7, 11) is 0. The molecular weight excluding hydrogens is 219 g/mol. The summed E-state index contributed by atoms with van der Waals surface area (Å²) in [4.78, 5) is 2.06. The summed E-state index contributed by atoms with van der Waals surface area (Å²) < 4.78 is 19.3. The van der Waals surface area contributed by atoms with Crippen LogP contribution in [0.4, 0.5) is 10.1 Å². The lowest BCUT2D eigenvalue weighted by atomic mass is 10.2. The van der Waals surface area contributed by atoms with Crippen LogP contribution in [0.2, 0.25) is 0 Å². The first-order valence-electron chi connectivity index (χ1n) is 6.19. The molecule has 94 valence electrons. The fourth-order valence-corrected chi connectivity index (χ4v) is 1.96. The number of nitrogens with one attached hydrogen (secondary N) is 1. The average Bonchev–Trinajstić information content (AvgIpc) is 2.37. The predicted octanol–water partition coefficient (Wildman–Crippen LogP) is 2.02. The minimum Gasteiger partial charge on any atom is -0.493 e. The normalized spacial score (nSPS) is 16.0. The third-order valence-corrected chi connectivity index (χ3v) is 2.85. The molecule has 0 bridgehead atoms. The zero-order valence-electron chi connectivity index (χ0n) is 10.2. The van der Waals surface area contributed by atoms with Crippen LogP contribution >= 0.6 is 0 Å². The van der Waals surface area contributed by atoms with Gasteiger partial charge in [0.1, 0.15) is 11.6 Å². The number of hydrogen-bond donors (Lipinski definition) is 1. The molecule has 0 aliphatic carbocycles. The summed E-state index contributed by atoms with van der Waals surface area (Å²) in [6, 6.07) is 5.13.